The second-order valence-electron chi connectivity index (χ2n) is 7.55. The van der Waals surface area contributed by atoms with E-state index in [0.717, 1.165) is 49.0 Å². The molecular weight excluding hydrogens is 390 g/mol. The zero-order valence-electron chi connectivity index (χ0n) is 15.2. The van der Waals surface area contributed by atoms with Crippen molar-refractivity contribution in [2.45, 2.75) is 51.3 Å². The van der Waals surface area contributed by atoms with Crippen molar-refractivity contribution in [3.63, 3.8) is 0 Å². The van der Waals surface area contributed by atoms with E-state index < -0.39 is 0 Å². The summed E-state index contributed by atoms with van der Waals surface area (Å²) in [7, 11) is 0. The summed E-state index contributed by atoms with van der Waals surface area (Å²) in [4.78, 5) is 2.41. The van der Waals surface area contributed by atoms with E-state index in [1.165, 1.54) is 22.3 Å². The van der Waals surface area contributed by atoms with Crippen LogP contribution >= 0.6 is 15.9 Å². The number of benzene rings is 2. The van der Waals surface area contributed by atoms with Crippen LogP contribution in [0.15, 0.2) is 40.9 Å². The summed E-state index contributed by atoms with van der Waals surface area (Å²) < 4.78 is 7.53. The van der Waals surface area contributed by atoms with Crippen LogP contribution in [0.3, 0.4) is 0 Å². The SMILES string of the molecule is Cc1cccc2c1CCc1cc(Br)ccc1OC1CCC(CO)N(C2)C1. The van der Waals surface area contributed by atoms with Gasteiger partial charge in [-0.3, -0.25) is 4.90 Å². The van der Waals surface area contributed by atoms with Crippen LogP contribution in [0.5, 0.6) is 5.75 Å². The van der Waals surface area contributed by atoms with Gasteiger partial charge in [-0.1, -0.05) is 34.1 Å². The van der Waals surface area contributed by atoms with Gasteiger partial charge in [-0.05, 0) is 73.1 Å². The lowest BCUT2D eigenvalue weighted by Crippen LogP contribution is -2.48. The lowest BCUT2D eigenvalue weighted by atomic mass is 9.94. The van der Waals surface area contributed by atoms with Crippen LogP contribution in [0.1, 0.15) is 35.1 Å². The van der Waals surface area contributed by atoms with Crippen molar-refractivity contribution >= 4 is 15.9 Å². The van der Waals surface area contributed by atoms with E-state index in [0.29, 0.717) is 0 Å². The Hall–Kier alpha value is -1.36. The van der Waals surface area contributed by atoms with E-state index in [1.54, 1.807) is 0 Å². The fraction of sp³-hybridized carbons (Fsp3) is 0.455. The highest BCUT2D eigenvalue weighted by Gasteiger charge is 2.30. The number of hydrogen-bond acceptors (Lipinski definition) is 3. The number of aliphatic hydroxyl groups is 1. The van der Waals surface area contributed by atoms with E-state index in [-0.39, 0.29) is 18.8 Å². The summed E-state index contributed by atoms with van der Waals surface area (Å²) in [6, 6.07) is 13.2. The molecule has 4 heteroatoms. The molecule has 138 valence electrons. The summed E-state index contributed by atoms with van der Waals surface area (Å²) in [6.07, 6.45) is 4.15. The number of rotatable bonds is 1. The first kappa shape index (κ1) is 18.0. The molecule has 0 aromatic heterocycles. The second kappa shape index (κ2) is 7.71. The van der Waals surface area contributed by atoms with E-state index in [2.05, 4.69) is 64.2 Å². The van der Waals surface area contributed by atoms with E-state index >= 15 is 0 Å². The Kier molecular flexibility index (Phi) is 5.35. The lowest BCUT2D eigenvalue weighted by molar-refractivity contribution is 0.0201. The van der Waals surface area contributed by atoms with Gasteiger partial charge in [0.05, 0.1) is 6.61 Å². The first-order chi connectivity index (χ1) is 12.6. The molecule has 3 atom stereocenters. The summed E-state index contributed by atoms with van der Waals surface area (Å²) >= 11 is 3.61. The van der Waals surface area contributed by atoms with Crippen LogP contribution in [0.2, 0.25) is 0 Å². The maximum Gasteiger partial charge on any atom is 0.123 e. The van der Waals surface area contributed by atoms with Gasteiger partial charge < -0.3 is 9.84 Å². The highest BCUT2D eigenvalue weighted by molar-refractivity contribution is 9.10. The maximum absolute atomic E-state index is 9.85. The van der Waals surface area contributed by atoms with Gasteiger partial charge in [0, 0.05) is 23.6 Å². The van der Waals surface area contributed by atoms with Crippen LogP contribution in [0.4, 0.5) is 0 Å². The number of aliphatic hydroxyl groups excluding tert-OH is 1. The minimum Gasteiger partial charge on any atom is -0.489 e. The molecule has 1 fully saturated rings. The van der Waals surface area contributed by atoms with Gasteiger partial charge in [0.1, 0.15) is 11.9 Å². The zero-order valence-corrected chi connectivity index (χ0v) is 16.8. The molecule has 4 rings (SSSR count). The van der Waals surface area contributed by atoms with Gasteiger partial charge in [-0.15, -0.1) is 0 Å². The largest absolute Gasteiger partial charge is 0.489 e. The molecule has 0 saturated carbocycles. The number of aryl methyl sites for hydroxylation is 2. The monoisotopic (exact) mass is 415 g/mol. The highest BCUT2D eigenvalue weighted by Crippen LogP contribution is 2.31. The Morgan fingerprint density at radius 1 is 1.15 bits per heavy atom. The molecule has 2 aromatic rings. The predicted molar refractivity (Wildman–Crippen MR) is 108 cm³/mol. The van der Waals surface area contributed by atoms with Crippen molar-refractivity contribution < 1.29 is 9.84 Å². The predicted octanol–water partition coefficient (Wildman–Crippen LogP) is 4.26. The fourth-order valence-electron chi connectivity index (χ4n) is 4.34. The van der Waals surface area contributed by atoms with Crippen LogP contribution in [-0.2, 0) is 19.4 Å². The number of fused-ring (bicyclic) bond motifs is 4. The topological polar surface area (TPSA) is 32.7 Å². The molecule has 2 aromatic carbocycles. The van der Waals surface area contributed by atoms with Crippen molar-refractivity contribution in [2.24, 2.45) is 0 Å². The molecule has 2 bridgehead atoms. The molecule has 0 spiro atoms. The molecule has 1 N–H and O–H groups in total. The molecule has 0 radical (unpaired) electrons. The van der Waals surface area contributed by atoms with Crippen molar-refractivity contribution in [1.29, 1.82) is 0 Å². The third-order valence-electron chi connectivity index (χ3n) is 5.83. The number of nitrogens with zero attached hydrogens (tertiary/aromatic N) is 1. The van der Waals surface area contributed by atoms with Crippen molar-refractivity contribution in [3.8, 4) is 5.75 Å². The molecule has 2 aliphatic heterocycles. The molecule has 0 aliphatic carbocycles. The molecule has 1 saturated heterocycles. The third-order valence-corrected chi connectivity index (χ3v) is 6.32. The van der Waals surface area contributed by atoms with Crippen molar-refractivity contribution in [3.05, 3.63) is 63.1 Å². The lowest BCUT2D eigenvalue weighted by Gasteiger charge is -2.39. The summed E-state index contributed by atoms with van der Waals surface area (Å²) in [5, 5.41) is 9.85. The summed E-state index contributed by atoms with van der Waals surface area (Å²) in [6.45, 7) is 4.19. The van der Waals surface area contributed by atoms with E-state index in [4.69, 9.17) is 4.74 Å². The first-order valence-electron chi connectivity index (χ1n) is 9.51. The van der Waals surface area contributed by atoms with Gasteiger partial charge in [-0.2, -0.15) is 0 Å². The van der Waals surface area contributed by atoms with Crippen molar-refractivity contribution in [2.75, 3.05) is 13.2 Å². The smallest absolute Gasteiger partial charge is 0.123 e. The Bertz CT molecular complexity index is 792. The Labute approximate surface area is 164 Å². The standard InChI is InChI=1S/C22H26BrNO2/c1-15-3-2-4-17-12-24-13-20(8-7-19(24)14-25)26-22-10-6-18(23)11-16(22)5-9-21(15)17/h2-4,6,10-11,19-20,25H,5,7-9,12-14H2,1H3. The molecule has 3 nitrogen and oxygen atoms in total. The molecule has 2 heterocycles. The average molecular weight is 416 g/mol. The van der Waals surface area contributed by atoms with Crippen LogP contribution in [-0.4, -0.2) is 35.3 Å². The van der Waals surface area contributed by atoms with E-state index in [1.807, 2.05) is 0 Å². The number of ether oxygens (including phenoxy) is 1. The summed E-state index contributed by atoms with van der Waals surface area (Å²) in [5.74, 6) is 1.01. The quantitative estimate of drug-likeness (QED) is 0.754. The Morgan fingerprint density at radius 2 is 2.04 bits per heavy atom. The maximum atomic E-state index is 9.85. The number of piperidine rings is 1. The third kappa shape index (κ3) is 3.68. The number of hydrogen-bond donors (Lipinski definition) is 1. The van der Waals surface area contributed by atoms with Crippen LogP contribution in [0.25, 0.3) is 0 Å². The van der Waals surface area contributed by atoms with Gasteiger partial charge in [0.2, 0.25) is 0 Å². The minimum absolute atomic E-state index is 0.184. The fourth-order valence-corrected chi connectivity index (χ4v) is 4.75. The Balaban J connectivity index is 1.76. The zero-order chi connectivity index (χ0) is 18.1. The molecule has 2 aliphatic rings. The molecule has 3 unspecified atom stereocenters. The normalized spacial score (nSPS) is 25.4. The number of halogens is 1. The van der Waals surface area contributed by atoms with Crippen molar-refractivity contribution in [1.82, 2.24) is 4.90 Å². The van der Waals surface area contributed by atoms with E-state index in [9.17, 15) is 5.11 Å². The molecule has 26 heavy (non-hydrogen) atoms. The van der Waals surface area contributed by atoms with Gasteiger partial charge in [-0.25, -0.2) is 0 Å². The van der Waals surface area contributed by atoms with Crippen LogP contribution < -0.4 is 4.74 Å². The van der Waals surface area contributed by atoms with Crippen LogP contribution in [0, 0.1) is 6.92 Å². The van der Waals surface area contributed by atoms with Gasteiger partial charge >= 0.3 is 0 Å². The second-order valence-corrected chi connectivity index (χ2v) is 8.46. The highest BCUT2D eigenvalue weighted by atomic mass is 79.9. The first-order valence-corrected chi connectivity index (χ1v) is 10.3. The minimum atomic E-state index is 0.184. The Morgan fingerprint density at radius 3 is 2.88 bits per heavy atom. The summed E-state index contributed by atoms with van der Waals surface area (Å²) in [5.41, 5.74) is 5.46. The van der Waals surface area contributed by atoms with Gasteiger partial charge in [0.25, 0.3) is 0 Å². The molecule has 0 amide bonds. The molecular formula is C22H26BrNO2. The van der Waals surface area contributed by atoms with Gasteiger partial charge in [0.15, 0.2) is 0 Å². The average Bonchev–Trinajstić information content (AvgIpc) is 2.65.